The van der Waals surface area contributed by atoms with Crippen LogP contribution in [0.5, 0.6) is 0 Å². The van der Waals surface area contributed by atoms with Crippen LogP contribution >= 0.6 is 11.6 Å². The topological polar surface area (TPSA) is 21.7 Å². The molecular weight excluding hydrogens is 202 g/mol. The third kappa shape index (κ3) is 5.15. The third-order valence-electron chi connectivity index (χ3n) is 2.35. The van der Waals surface area contributed by atoms with E-state index in [0.29, 0.717) is 13.2 Å². The van der Waals surface area contributed by atoms with Crippen LogP contribution in [0.3, 0.4) is 0 Å². The van der Waals surface area contributed by atoms with Gasteiger partial charge >= 0.3 is 0 Å². The molecule has 1 aliphatic heterocycles. The summed E-state index contributed by atoms with van der Waals surface area (Å²) in [4.78, 5) is 2.42. The van der Waals surface area contributed by atoms with Crippen molar-refractivity contribution in [1.82, 2.24) is 4.90 Å². The highest BCUT2D eigenvalue weighted by Crippen LogP contribution is 2.06. The first-order chi connectivity index (χ1) is 6.83. The molecule has 0 aliphatic carbocycles. The molecule has 3 nitrogen and oxygen atoms in total. The van der Waals surface area contributed by atoms with E-state index in [1.54, 1.807) is 0 Å². The number of hydrogen-bond donors (Lipinski definition) is 0. The first kappa shape index (κ1) is 12.2. The molecule has 1 heterocycles. The van der Waals surface area contributed by atoms with E-state index in [2.05, 4.69) is 4.90 Å². The predicted octanol–water partition coefficient (Wildman–Crippen LogP) is 1.70. The molecule has 1 unspecified atom stereocenters. The Bertz CT molecular complexity index is 140. The maximum atomic E-state index is 5.82. The van der Waals surface area contributed by atoms with Crippen LogP contribution in [0.4, 0.5) is 0 Å². The van der Waals surface area contributed by atoms with Crippen LogP contribution in [0.25, 0.3) is 0 Å². The highest BCUT2D eigenvalue weighted by atomic mass is 35.5. The normalized spacial score (nSPS) is 20.1. The second kappa shape index (κ2) is 7.46. The van der Waals surface area contributed by atoms with Gasteiger partial charge in [-0.05, 0) is 32.9 Å². The SMILES string of the molecule is CCOC(Cl)COCCN1CCCC1. The minimum atomic E-state index is -0.293. The van der Waals surface area contributed by atoms with Crippen molar-refractivity contribution in [2.45, 2.75) is 25.3 Å². The molecule has 0 saturated carbocycles. The minimum Gasteiger partial charge on any atom is -0.376 e. The van der Waals surface area contributed by atoms with Gasteiger partial charge in [-0.1, -0.05) is 11.6 Å². The molecule has 0 aromatic carbocycles. The van der Waals surface area contributed by atoms with Crippen molar-refractivity contribution in [2.75, 3.05) is 39.5 Å². The van der Waals surface area contributed by atoms with Gasteiger partial charge in [0.05, 0.1) is 13.2 Å². The molecule has 1 atom stereocenters. The van der Waals surface area contributed by atoms with Crippen LogP contribution < -0.4 is 0 Å². The molecule has 4 heteroatoms. The fourth-order valence-electron chi connectivity index (χ4n) is 1.60. The van der Waals surface area contributed by atoms with Gasteiger partial charge in [-0.15, -0.1) is 0 Å². The second-order valence-electron chi connectivity index (χ2n) is 3.49. The Morgan fingerprint density at radius 2 is 2.07 bits per heavy atom. The fraction of sp³-hybridized carbons (Fsp3) is 1.00. The molecule has 0 N–H and O–H groups in total. The van der Waals surface area contributed by atoms with Crippen LogP contribution in [-0.2, 0) is 9.47 Å². The Morgan fingerprint density at radius 3 is 2.71 bits per heavy atom. The molecule has 1 aliphatic rings. The van der Waals surface area contributed by atoms with Crippen molar-refractivity contribution in [3.63, 3.8) is 0 Å². The van der Waals surface area contributed by atoms with Gasteiger partial charge in [0.25, 0.3) is 0 Å². The summed E-state index contributed by atoms with van der Waals surface area (Å²) >= 11 is 5.82. The zero-order valence-corrected chi connectivity index (χ0v) is 9.63. The summed E-state index contributed by atoms with van der Waals surface area (Å²) in [5, 5.41) is 0. The van der Waals surface area contributed by atoms with Gasteiger partial charge in [0.15, 0.2) is 5.56 Å². The van der Waals surface area contributed by atoms with Crippen molar-refractivity contribution >= 4 is 11.6 Å². The molecule has 0 aromatic heterocycles. The smallest absolute Gasteiger partial charge is 0.154 e. The Kier molecular flexibility index (Phi) is 6.52. The van der Waals surface area contributed by atoms with Crippen molar-refractivity contribution in [3.05, 3.63) is 0 Å². The van der Waals surface area contributed by atoms with Gasteiger partial charge in [0.1, 0.15) is 0 Å². The lowest BCUT2D eigenvalue weighted by Crippen LogP contribution is -2.25. The van der Waals surface area contributed by atoms with E-state index >= 15 is 0 Å². The number of rotatable bonds is 7. The summed E-state index contributed by atoms with van der Waals surface area (Å²) in [7, 11) is 0. The summed E-state index contributed by atoms with van der Waals surface area (Å²) in [6.07, 6.45) is 2.66. The summed E-state index contributed by atoms with van der Waals surface area (Å²) in [5.74, 6) is 0. The van der Waals surface area contributed by atoms with Gasteiger partial charge in [-0.2, -0.15) is 0 Å². The van der Waals surface area contributed by atoms with E-state index < -0.39 is 0 Å². The summed E-state index contributed by atoms with van der Waals surface area (Å²) in [6, 6.07) is 0. The number of halogens is 1. The standard InChI is InChI=1S/C10H20ClNO2/c1-2-14-10(11)9-13-8-7-12-5-3-4-6-12/h10H,2-9H2,1H3. The van der Waals surface area contributed by atoms with Gasteiger partial charge in [-0.3, -0.25) is 0 Å². The Labute approximate surface area is 91.3 Å². The molecule has 0 radical (unpaired) electrons. The molecule has 1 fully saturated rings. The van der Waals surface area contributed by atoms with E-state index in [1.165, 1.54) is 25.9 Å². The lowest BCUT2D eigenvalue weighted by molar-refractivity contribution is 0.0246. The average Bonchev–Trinajstić information content (AvgIpc) is 2.65. The first-order valence-corrected chi connectivity index (χ1v) is 5.82. The van der Waals surface area contributed by atoms with Gasteiger partial charge in [0, 0.05) is 13.2 Å². The Hall–Kier alpha value is 0.170. The number of alkyl halides is 1. The quantitative estimate of drug-likeness (QED) is 0.483. The van der Waals surface area contributed by atoms with Crippen LogP contribution in [0.15, 0.2) is 0 Å². The minimum absolute atomic E-state index is 0.293. The summed E-state index contributed by atoms with van der Waals surface area (Å²) in [5.41, 5.74) is -0.293. The Balaban J connectivity index is 1.88. The van der Waals surface area contributed by atoms with E-state index in [4.69, 9.17) is 21.1 Å². The van der Waals surface area contributed by atoms with Crippen molar-refractivity contribution in [1.29, 1.82) is 0 Å². The van der Waals surface area contributed by atoms with E-state index in [0.717, 1.165) is 13.2 Å². The molecule has 84 valence electrons. The number of nitrogens with zero attached hydrogens (tertiary/aromatic N) is 1. The van der Waals surface area contributed by atoms with Gasteiger partial charge in [0.2, 0.25) is 0 Å². The Morgan fingerprint density at radius 1 is 1.36 bits per heavy atom. The van der Waals surface area contributed by atoms with Crippen LogP contribution in [0.1, 0.15) is 19.8 Å². The summed E-state index contributed by atoms with van der Waals surface area (Å²) in [6.45, 7) is 7.29. The van der Waals surface area contributed by atoms with Gasteiger partial charge in [-0.25, -0.2) is 0 Å². The summed E-state index contributed by atoms with van der Waals surface area (Å²) < 4.78 is 10.6. The lowest BCUT2D eigenvalue weighted by Gasteiger charge is -2.15. The number of ether oxygens (including phenoxy) is 2. The molecular formula is C10H20ClNO2. The van der Waals surface area contributed by atoms with Crippen molar-refractivity contribution in [3.8, 4) is 0 Å². The zero-order valence-electron chi connectivity index (χ0n) is 8.88. The van der Waals surface area contributed by atoms with Crippen LogP contribution in [0, 0.1) is 0 Å². The highest BCUT2D eigenvalue weighted by molar-refractivity contribution is 6.19. The third-order valence-corrected chi connectivity index (χ3v) is 2.60. The second-order valence-corrected chi connectivity index (χ2v) is 3.98. The fourth-order valence-corrected chi connectivity index (χ4v) is 1.82. The van der Waals surface area contributed by atoms with Crippen LogP contribution in [-0.4, -0.2) is 49.9 Å². The number of hydrogen-bond acceptors (Lipinski definition) is 3. The maximum Gasteiger partial charge on any atom is 0.154 e. The number of likely N-dealkylation sites (tertiary alicyclic amines) is 1. The molecule has 0 spiro atoms. The monoisotopic (exact) mass is 221 g/mol. The highest BCUT2D eigenvalue weighted by Gasteiger charge is 2.10. The molecule has 14 heavy (non-hydrogen) atoms. The van der Waals surface area contributed by atoms with Crippen LogP contribution in [0.2, 0.25) is 0 Å². The van der Waals surface area contributed by atoms with Gasteiger partial charge < -0.3 is 14.4 Å². The molecule has 1 rings (SSSR count). The predicted molar refractivity (Wildman–Crippen MR) is 57.8 cm³/mol. The largest absolute Gasteiger partial charge is 0.376 e. The molecule has 0 aromatic rings. The molecule has 0 bridgehead atoms. The van der Waals surface area contributed by atoms with E-state index in [9.17, 15) is 0 Å². The lowest BCUT2D eigenvalue weighted by atomic mass is 10.4. The van der Waals surface area contributed by atoms with E-state index in [-0.39, 0.29) is 5.56 Å². The van der Waals surface area contributed by atoms with Crippen molar-refractivity contribution in [2.24, 2.45) is 0 Å². The maximum absolute atomic E-state index is 5.82. The average molecular weight is 222 g/mol. The molecule has 1 saturated heterocycles. The molecule has 0 amide bonds. The van der Waals surface area contributed by atoms with Crippen molar-refractivity contribution < 1.29 is 9.47 Å². The first-order valence-electron chi connectivity index (χ1n) is 5.38. The zero-order chi connectivity index (χ0) is 10.2. The van der Waals surface area contributed by atoms with E-state index in [1.807, 2.05) is 6.92 Å².